The molecular formula is C54H38F4Si2. The van der Waals surface area contributed by atoms with Crippen LogP contribution in [0.3, 0.4) is 0 Å². The second kappa shape index (κ2) is 16.4. The largest absolute Gasteiger partial charge is 0.205 e. The summed E-state index contributed by atoms with van der Waals surface area (Å²) >= 11 is 0. The van der Waals surface area contributed by atoms with Gasteiger partial charge < -0.3 is 0 Å². The van der Waals surface area contributed by atoms with Crippen LogP contribution in [0.5, 0.6) is 0 Å². The van der Waals surface area contributed by atoms with Crippen molar-refractivity contribution in [3.63, 3.8) is 0 Å². The average molecular weight is 819 g/mol. The van der Waals surface area contributed by atoms with Gasteiger partial charge in [0.2, 0.25) is 0 Å². The molecule has 0 N–H and O–H groups in total. The summed E-state index contributed by atoms with van der Waals surface area (Å²) in [6, 6.07) is 75.6. The Morgan fingerprint density at radius 3 is 0.617 bits per heavy atom. The standard InChI is InChI=1S/C54H38F4Si2/c55-51-49(39-31-35-47(36-32-39)59(41-19-7-1-8-20-41,42-21-9-2-10-22-42)43-23-11-3-12-24-43)52(56)54(58)53(57)50(51)40-33-37-48(38-34-40)60(44-25-13-4-14-26-44,45-27-15-5-16-28-45)46-29-17-6-18-30-46/h1-38H. The van der Waals surface area contributed by atoms with Gasteiger partial charge in [0.15, 0.2) is 33.6 Å². The van der Waals surface area contributed by atoms with E-state index in [9.17, 15) is 0 Å². The molecule has 0 aromatic heterocycles. The zero-order valence-electron chi connectivity index (χ0n) is 32.5. The first-order chi connectivity index (χ1) is 29.5. The van der Waals surface area contributed by atoms with Crippen molar-refractivity contribution in [3.8, 4) is 22.3 Å². The third-order valence-electron chi connectivity index (χ3n) is 11.7. The van der Waals surface area contributed by atoms with Gasteiger partial charge in [0.1, 0.15) is 5.82 Å². The predicted molar refractivity (Wildman–Crippen MR) is 244 cm³/mol. The number of halogens is 4. The van der Waals surface area contributed by atoms with E-state index in [1.165, 1.54) is 0 Å². The van der Waals surface area contributed by atoms with E-state index in [0.29, 0.717) is 0 Å². The minimum Gasteiger partial charge on any atom is -0.205 e. The van der Waals surface area contributed by atoms with E-state index in [0.717, 1.165) is 41.5 Å². The van der Waals surface area contributed by atoms with Crippen LogP contribution in [0.2, 0.25) is 0 Å². The number of benzene rings is 9. The van der Waals surface area contributed by atoms with Crippen LogP contribution in [0.1, 0.15) is 0 Å². The van der Waals surface area contributed by atoms with Gasteiger partial charge in [0, 0.05) is 0 Å². The van der Waals surface area contributed by atoms with Crippen molar-refractivity contribution in [2.24, 2.45) is 0 Å². The molecule has 0 heterocycles. The summed E-state index contributed by atoms with van der Waals surface area (Å²) in [5.74, 6) is -6.03. The molecule has 0 aliphatic rings. The normalized spacial score (nSPS) is 11.7. The van der Waals surface area contributed by atoms with Crippen molar-refractivity contribution in [1.29, 1.82) is 0 Å². The zero-order chi connectivity index (χ0) is 41.1. The minimum absolute atomic E-state index is 0.103. The fourth-order valence-corrected chi connectivity index (χ4v) is 18.5. The van der Waals surface area contributed by atoms with E-state index in [4.69, 9.17) is 0 Å². The molecule has 0 fully saturated rings. The van der Waals surface area contributed by atoms with Gasteiger partial charge in [-0.05, 0) is 52.6 Å². The van der Waals surface area contributed by atoms with Crippen molar-refractivity contribution in [2.75, 3.05) is 0 Å². The molecule has 60 heavy (non-hydrogen) atoms. The Morgan fingerprint density at radius 2 is 0.400 bits per heavy atom. The molecule has 0 saturated carbocycles. The summed E-state index contributed by atoms with van der Waals surface area (Å²) < 4.78 is 64.7. The average Bonchev–Trinajstić information content (AvgIpc) is 3.32. The Labute approximate surface area is 349 Å². The van der Waals surface area contributed by atoms with Gasteiger partial charge in [0.05, 0.1) is 11.1 Å². The van der Waals surface area contributed by atoms with E-state index in [-0.39, 0.29) is 11.1 Å². The highest BCUT2D eigenvalue weighted by Gasteiger charge is 2.43. The van der Waals surface area contributed by atoms with Crippen LogP contribution in [0.4, 0.5) is 17.6 Å². The van der Waals surface area contributed by atoms with Gasteiger partial charge in [-0.3, -0.25) is 0 Å². The molecule has 6 heteroatoms. The molecule has 0 nitrogen and oxygen atoms in total. The summed E-state index contributed by atoms with van der Waals surface area (Å²) in [4.78, 5) is 0. The topological polar surface area (TPSA) is 0 Å². The summed E-state index contributed by atoms with van der Waals surface area (Å²) in [5, 5.41) is 8.72. The van der Waals surface area contributed by atoms with Crippen LogP contribution in [0.25, 0.3) is 22.3 Å². The highest BCUT2D eigenvalue weighted by atomic mass is 28.3. The predicted octanol–water partition coefficient (Wildman–Crippen LogP) is 8.33. The molecule has 9 aromatic carbocycles. The first-order valence-electron chi connectivity index (χ1n) is 19.9. The number of hydrogen-bond donors (Lipinski definition) is 0. The van der Waals surface area contributed by atoms with Gasteiger partial charge >= 0.3 is 0 Å². The molecule has 0 amide bonds. The fraction of sp³-hybridized carbons (Fsp3) is 0. The van der Waals surface area contributed by atoms with Crippen LogP contribution >= 0.6 is 0 Å². The number of rotatable bonds is 10. The van der Waals surface area contributed by atoms with Gasteiger partial charge in [-0.1, -0.05) is 231 Å². The lowest BCUT2D eigenvalue weighted by atomic mass is 9.96. The lowest BCUT2D eigenvalue weighted by Gasteiger charge is -2.34. The molecule has 0 bridgehead atoms. The van der Waals surface area contributed by atoms with E-state index >= 15 is 17.6 Å². The first-order valence-corrected chi connectivity index (χ1v) is 23.9. The molecule has 9 aromatic rings. The van der Waals surface area contributed by atoms with Crippen molar-refractivity contribution in [1.82, 2.24) is 0 Å². The number of hydrogen-bond acceptors (Lipinski definition) is 0. The monoisotopic (exact) mass is 818 g/mol. The zero-order valence-corrected chi connectivity index (χ0v) is 34.5. The second-order valence-corrected chi connectivity index (χ2v) is 22.5. The molecule has 290 valence electrons. The molecule has 0 spiro atoms. The summed E-state index contributed by atoms with van der Waals surface area (Å²) in [6.07, 6.45) is 0. The third-order valence-corrected chi connectivity index (χ3v) is 21.3. The maximum absolute atomic E-state index is 17.0. The van der Waals surface area contributed by atoms with Crippen molar-refractivity contribution >= 4 is 57.6 Å². The first kappa shape index (κ1) is 38.6. The lowest BCUT2D eigenvalue weighted by Crippen LogP contribution is -2.74. The Balaban J connectivity index is 1.19. The van der Waals surface area contributed by atoms with Crippen LogP contribution in [-0.4, -0.2) is 16.1 Å². The van der Waals surface area contributed by atoms with Crippen LogP contribution in [-0.2, 0) is 0 Å². The van der Waals surface area contributed by atoms with Crippen molar-refractivity contribution in [2.45, 2.75) is 0 Å². The van der Waals surface area contributed by atoms with Gasteiger partial charge in [0.25, 0.3) is 0 Å². The van der Waals surface area contributed by atoms with Crippen molar-refractivity contribution < 1.29 is 17.6 Å². The Kier molecular flexibility index (Phi) is 10.6. The summed E-state index contributed by atoms with van der Waals surface area (Å²) in [5.41, 5.74) is -1.03. The summed E-state index contributed by atoms with van der Waals surface area (Å²) in [7, 11) is -5.90. The smallest absolute Gasteiger partial charge is 0.195 e. The molecule has 0 radical (unpaired) electrons. The van der Waals surface area contributed by atoms with Gasteiger partial charge in [-0.2, -0.15) is 0 Å². The molecule has 0 aliphatic heterocycles. The van der Waals surface area contributed by atoms with E-state index in [1.807, 2.05) is 133 Å². The maximum Gasteiger partial charge on any atom is 0.195 e. The summed E-state index contributed by atoms with van der Waals surface area (Å²) in [6.45, 7) is 0. The second-order valence-electron chi connectivity index (χ2n) is 14.9. The molecule has 0 saturated heterocycles. The van der Waals surface area contributed by atoms with E-state index in [1.54, 1.807) is 24.3 Å². The maximum atomic E-state index is 17.0. The molecule has 0 aliphatic carbocycles. The van der Waals surface area contributed by atoms with Gasteiger partial charge in [-0.15, -0.1) is 0 Å². The van der Waals surface area contributed by atoms with Gasteiger partial charge in [-0.25, -0.2) is 17.6 Å². The lowest BCUT2D eigenvalue weighted by molar-refractivity contribution is 0.440. The molecular weight excluding hydrogens is 781 g/mol. The quantitative estimate of drug-likeness (QED) is 0.0429. The third kappa shape index (κ3) is 6.45. The molecule has 9 rings (SSSR count). The van der Waals surface area contributed by atoms with Crippen LogP contribution in [0, 0.1) is 23.3 Å². The Bertz CT molecular complexity index is 2470. The molecule has 0 unspecified atom stereocenters. The Hall–Kier alpha value is -6.87. The fourth-order valence-electron chi connectivity index (χ4n) is 9.04. The van der Waals surface area contributed by atoms with Crippen LogP contribution < -0.4 is 41.5 Å². The minimum atomic E-state index is -2.95. The van der Waals surface area contributed by atoms with Crippen molar-refractivity contribution in [3.05, 3.63) is 254 Å². The van der Waals surface area contributed by atoms with Crippen LogP contribution in [0.15, 0.2) is 231 Å². The highest BCUT2D eigenvalue weighted by molar-refractivity contribution is 7.20. The van der Waals surface area contributed by atoms with E-state index < -0.39 is 50.5 Å². The highest BCUT2D eigenvalue weighted by Crippen LogP contribution is 2.37. The SMILES string of the molecule is Fc1c(F)c(-c2ccc([Si](c3ccccc3)(c3ccccc3)c3ccccc3)cc2)c(F)c(-c2ccc([Si](c3ccccc3)(c3ccccc3)c3ccccc3)cc2)c1F. The Morgan fingerprint density at radius 1 is 0.200 bits per heavy atom. The molecule has 0 atom stereocenters. The van der Waals surface area contributed by atoms with E-state index in [2.05, 4.69) is 72.8 Å².